The fraction of sp³-hybridized carbons (Fsp3) is 0.167. The van der Waals surface area contributed by atoms with E-state index >= 15 is 0 Å². The van der Waals surface area contributed by atoms with E-state index in [1.165, 1.54) is 12.1 Å². The standard InChI is InChI=1S/C24H20F3N3O/c1-23(2,31)21-15-30(18-11-9-16(10-12-18)17-6-5-13-28-14-17)22(29-21)19-7-3-4-8-20(19)24(25,26)27/h3-15,31H,1-2H3. The van der Waals surface area contributed by atoms with Gasteiger partial charge in [0.1, 0.15) is 11.4 Å². The van der Waals surface area contributed by atoms with Crippen molar-refractivity contribution in [3.8, 4) is 28.2 Å². The average Bonchev–Trinajstić information content (AvgIpc) is 3.20. The fourth-order valence-corrected chi connectivity index (χ4v) is 3.34. The minimum atomic E-state index is -4.54. The Morgan fingerprint density at radius 1 is 0.871 bits per heavy atom. The van der Waals surface area contributed by atoms with Crippen LogP contribution < -0.4 is 0 Å². The van der Waals surface area contributed by atoms with E-state index in [-0.39, 0.29) is 17.1 Å². The van der Waals surface area contributed by atoms with Crippen molar-refractivity contribution in [2.75, 3.05) is 0 Å². The Morgan fingerprint density at radius 3 is 2.19 bits per heavy atom. The molecule has 31 heavy (non-hydrogen) atoms. The minimum Gasteiger partial charge on any atom is -0.384 e. The molecule has 2 heterocycles. The van der Waals surface area contributed by atoms with Crippen LogP contribution in [0.3, 0.4) is 0 Å². The number of halogens is 3. The molecule has 0 saturated carbocycles. The number of benzene rings is 2. The third-order valence-corrected chi connectivity index (χ3v) is 4.95. The largest absolute Gasteiger partial charge is 0.417 e. The van der Waals surface area contributed by atoms with E-state index in [9.17, 15) is 18.3 Å². The zero-order valence-electron chi connectivity index (χ0n) is 16.9. The summed E-state index contributed by atoms with van der Waals surface area (Å²) in [6, 6.07) is 16.4. The molecule has 0 bridgehead atoms. The van der Waals surface area contributed by atoms with Gasteiger partial charge in [0, 0.05) is 29.8 Å². The van der Waals surface area contributed by atoms with Gasteiger partial charge in [0.05, 0.1) is 11.3 Å². The van der Waals surface area contributed by atoms with Crippen molar-refractivity contribution in [1.82, 2.24) is 14.5 Å². The van der Waals surface area contributed by atoms with Crippen LogP contribution in [-0.2, 0) is 11.8 Å². The molecular formula is C24H20F3N3O. The van der Waals surface area contributed by atoms with Gasteiger partial charge in [-0.1, -0.05) is 36.4 Å². The molecule has 1 N–H and O–H groups in total. The first kappa shape index (κ1) is 20.8. The summed E-state index contributed by atoms with van der Waals surface area (Å²) in [6.07, 6.45) is 0.462. The van der Waals surface area contributed by atoms with Crippen molar-refractivity contribution in [2.45, 2.75) is 25.6 Å². The molecule has 0 fully saturated rings. The fourth-order valence-electron chi connectivity index (χ4n) is 3.34. The number of nitrogens with zero attached hydrogens (tertiary/aromatic N) is 3. The molecule has 0 aliphatic rings. The Bertz CT molecular complexity index is 1190. The van der Waals surface area contributed by atoms with Gasteiger partial charge in [-0.3, -0.25) is 9.55 Å². The number of aromatic nitrogens is 3. The maximum absolute atomic E-state index is 13.7. The smallest absolute Gasteiger partial charge is 0.384 e. The van der Waals surface area contributed by atoms with Gasteiger partial charge in [0.25, 0.3) is 0 Å². The lowest BCUT2D eigenvalue weighted by Gasteiger charge is -2.14. The van der Waals surface area contributed by atoms with Crippen LogP contribution in [0.4, 0.5) is 13.2 Å². The summed E-state index contributed by atoms with van der Waals surface area (Å²) >= 11 is 0. The molecule has 158 valence electrons. The van der Waals surface area contributed by atoms with Gasteiger partial charge in [-0.2, -0.15) is 13.2 Å². The van der Waals surface area contributed by atoms with Gasteiger partial charge in [-0.05, 0) is 49.2 Å². The zero-order chi connectivity index (χ0) is 22.2. The van der Waals surface area contributed by atoms with Gasteiger partial charge < -0.3 is 5.11 Å². The lowest BCUT2D eigenvalue weighted by molar-refractivity contribution is -0.137. The minimum absolute atomic E-state index is 0.0539. The second-order valence-electron chi connectivity index (χ2n) is 7.71. The van der Waals surface area contributed by atoms with Crippen molar-refractivity contribution in [1.29, 1.82) is 0 Å². The molecule has 0 radical (unpaired) electrons. The van der Waals surface area contributed by atoms with E-state index in [1.54, 1.807) is 55.2 Å². The quantitative estimate of drug-likeness (QED) is 0.448. The maximum Gasteiger partial charge on any atom is 0.417 e. The summed E-state index contributed by atoms with van der Waals surface area (Å²) < 4.78 is 42.5. The molecular weight excluding hydrogens is 403 g/mol. The SMILES string of the molecule is CC(C)(O)c1cn(-c2ccc(-c3cccnc3)cc2)c(-c2ccccc2C(F)(F)F)n1. The maximum atomic E-state index is 13.7. The average molecular weight is 423 g/mol. The first-order valence-corrected chi connectivity index (χ1v) is 9.64. The first-order chi connectivity index (χ1) is 14.6. The summed E-state index contributed by atoms with van der Waals surface area (Å²) in [5.74, 6) is 0.110. The third kappa shape index (κ3) is 4.22. The van der Waals surface area contributed by atoms with E-state index in [0.717, 1.165) is 17.2 Å². The zero-order valence-corrected chi connectivity index (χ0v) is 16.9. The Labute approximate surface area is 177 Å². The number of imidazole rings is 1. The van der Waals surface area contributed by atoms with Gasteiger partial charge in [0.2, 0.25) is 0 Å². The van der Waals surface area contributed by atoms with Crippen molar-refractivity contribution < 1.29 is 18.3 Å². The summed E-state index contributed by atoms with van der Waals surface area (Å²) in [6.45, 7) is 3.09. The molecule has 0 amide bonds. The topological polar surface area (TPSA) is 50.9 Å². The number of hydrogen-bond donors (Lipinski definition) is 1. The van der Waals surface area contributed by atoms with E-state index in [2.05, 4.69) is 9.97 Å². The van der Waals surface area contributed by atoms with Gasteiger partial charge in [-0.15, -0.1) is 0 Å². The monoisotopic (exact) mass is 423 g/mol. The van der Waals surface area contributed by atoms with Crippen LogP contribution in [0.25, 0.3) is 28.2 Å². The van der Waals surface area contributed by atoms with E-state index in [0.29, 0.717) is 5.69 Å². The van der Waals surface area contributed by atoms with Crippen LogP contribution in [0.2, 0.25) is 0 Å². The normalized spacial score (nSPS) is 12.2. The molecule has 2 aromatic carbocycles. The Morgan fingerprint density at radius 2 is 1.58 bits per heavy atom. The molecule has 0 aliphatic heterocycles. The number of alkyl halides is 3. The van der Waals surface area contributed by atoms with Crippen molar-refractivity contribution in [3.63, 3.8) is 0 Å². The number of pyridine rings is 1. The second kappa shape index (κ2) is 7.67. The predicted molar refractivity (Wildman–Crippen MR) is 112 cm³/mol. The van der Waals surface area contributed by atoms with Crippen molar-refractivity contribution in [2.24, 2.45) is 0 Å². The van der Waals surface area contributed by atoms with Crippen LogP contribution >= 0.6 is 0 Å². The van der Waals surface area contributed by atoms with Gasteiger partial charge in [-0.25, -0.2) is 4.98 Å². The molecule has 0 saturated heterocycles. The molecule has 2 aromatic heterocycles. The lowest BCUT2D eigenvalue weighted by Crippen LogP contribution is -2.15. The number of hydrogen-bond acceptors (Lipinski definition) is 3. The molecule has 4 rings (SSSR count). The Hall–Kier alpha value is -3.45. The number of aliphatic hydroxyl groups is 1. The number of rotatable bonds is 4. The molecule has 0 aliphatic carbocycles. The summed E-state index contributed by atoms with van der Waals surface area (Å²) in [5.41, 5.74) is 0.607. The van der Waals surface area contributed by atoms with E-state index < -0.39 is 17.3 Å². The van der Waals surface area contributed by atoms with Crippen LogP contribution in [-0.4, -0.2) is 19.6 Å². The predicted octanol–water partition coefficient (Wildman–Crippen LogP) is 5.85. The van der Waals surface area contributed by atoms with E-state index in [1.807, 2.05) is 24.3 Å². The van der Waals surface area contributed by atoms with Crippen LogP contribution in [0, 0.1) is 0 Å². The Kier molecular flexibility index (Phi) is 5.15. The molecule has 0 unspecified atom stereocenters. The van der Waals surface area contributed by atoms with Crippen LogP contribution in [0.15, 0.2) is 79.3 Å². The lowest BCUT2D eigenvalue weighted by atomic mass is 10.1. The highest BCUT2D eigenvalue weighted by molar-refractivity contribution is 5.67. The molecule has 4 aromatic rings. The highest BCUT2D eigenvalue weighted by Gasteiger charge is 2.35. The molecule has 0 spiro atoms. The summed E-state index contributed by atoms with van der Waals surface area (Å²) in [5, 5.41) is 10.4. The van der Waals surface area contributed by atoms with Gasteiger partial charge >= 0.3 is 6.18 Å². The van der Waals surface area contributed by atoms with Crippen molar-refractivity contribution in [3.05, 3.63) is 90.5 Å². The van der Waals surface area contributed by atoms with Crippen LogP contribution in [0.5, 0.6) is 0 Å². The first-order valence-electron chi connectivity index (χ1n) is 9.64. The highest BCUT2D eigenvalue weighted by atomic mass is 19.4. The summed E-state index contributed by atoms with van der Waals surface area (Å²) in [7, 11) is 0. The van der Waals surface area contributed by atoms with E-state index in [4.69, 9.17) is 0 Å². The third-order valence-electron chi connectivity index (χ3n) is 4.95. The highest BCUT2D eigenvalue weighted by Crippen LogP contribution is 2.38. The molecule has 4 nitrogen and oxygen atoms in total. The molecule has 0 atom stereocenters. The second-order valence-corrected chi connectivity index (χ2v) is 7.71. The van der Waals surface area contributed by atoms with Crippen molar-refractivity contribution >= 4 is 0 Å². The van der Waals surface area contributed by atoms with Gasteiger partial charge in [0.15, 0.2) is 0 Å². The summed E-state index contributed by atoms with van der Waals surface area (Å²) in [4.78, 5) is 8.49. The molecule has 7 heteroatoms. The Balaban J connectivity index is 1.87. The van der Waals surface area contributed by atoms with Crippen LogP contribution in [0.1, 0.15) is 25.1 Å².